The maximum absolute atomic E-state index is 12.7. The van der Waals surface area contributed by atoms with Gasteiger partial charge in [-0.3, -0.25) is 9.59 Å². The molecule has 0 saturated heterocycles. The van der Waals surface area contributed by atoms with E-state index in [0.717, 1.165) is 16.3 Å². The van der Waals surface area contributed by atoms with E-state index in [0.29, 0.717) is 12.1 Å². The van der Waals surface area contributed by atoms with Crippen molar-refractivity contribution in [3.8, 4) is 0 Å². The minimum absolute atomic E-state index is 0.0881. The molecule has 28 heavy (non-hydrogen) atoms. The Morgan fingerprint density at radius 3 is 2.57 bits per heavy atom. The summed E-state index contributed by atoms with van der Waals surface area (Å²) in [5.74, 6) is 0.0877. The van der Waals surface area contributed by atoms with E-state index in [9.17, 15) is 9.59 Å². The van der Waals surface area contributed by atoms with Gasteiger partial charge in [-0.2, -0.15) is 5.10 Å². The van der Waals surface area contributed by atoms with E-state index >= 15 is 0 Å². The lowest BCUT2D eigenvalue weighted by molar-refractivity contribution is -0.121. The highest BCUT2D eigenvalue weighted by Crippen LogP contribution is 2.26. The second kappa shape index (κ2) is 7.31. The zero-order valence-electron chi connectivity index (χ0n) is 15.9. The third-order valence-electron chi connectivity index (χ3n) is 5.14. The lowest BCUT2D eigenvalue weighted by Crippen LogP contribution is -2.31. The quantitative estimate of drug-likeness (QED) is 0.584. The first-order valence-electron chi connectivity index (χ1n) is 9.31. The van der Waals surface area contributed by atoms with Crippen molar-refractivity contribution >= 4 is 27.7 Å². The van der Waals surface area contributed by atoms with Gasteiger partial charge in [0.15, 0.2) is 0 Å². The molecule has 0 aliphatic rings. The van der Waals surface area contributed by atoms with Crippen LogP contribution in [0.25, 0.3) is 21.8 Å². The molecule has 4 rings (SSSR count). The van der Waals surface area contributed by atoms with Crippen molar-refractivity contribution in [1.29, 1.82) is 0 Å². The number of nitrogens with zero attached hydrogens (tertiary/aromatic N) is 3. The van der Waals surface area contributed by atoms with Crippen LogP contribution in [-0.4, -0.2) is 26.8 Å². The van der Waals surface area contributed by atoms with Gasteiger partial charge in [0.2, 0.25) is 5.91 Å². The van der Waals surface area contributed by atoms with Crippen molar-refractivity contribution < 1.29 is 4.79 Å². The maximum atomic E-state index is 12.7. The third kappa shape index (κ3) is 3.17. The largest absolute Gasteiger partial charge is 0.354 e. The number of para-hydroxylation sites is 1. The van der Waals surface area contributed by atoms with E-state index in [1.54, 1.807) is 17.8 Å². The minimum Gasteiger partial charge on any atom is -0.354 e. The first-order chi connectivity index (χ1) is 13.6. The van der Waals surface area contributed by atoms with Gasteiger partial charge >= 0.3 is 0 Å². The molecule has 4 aromatic rings. The number of aromatic nitrogens is 3. The lowest BCUT2D eigenvalue weighted by Gasteiger charge is -2.14. The highest BCUT2D eigenvalue weighted by molar-refractivity contribution is 6.07. The molecule has 2 aromatic carbocycles. The van der Waals surface area contributed by atoms with Crippen LogP contribution >= 0.6 is 0 Å². The van der Waals surface area contributed by atoms with E-state index in [-0.39, 0.29) is 23.9 Å². The van der Waals surface area contributed by atoms with E-state index in [1.807, 2.05) is 42.5 Å². The molecule has 1 N–H and O–H groups in total. The molecule has 0 fully saturated rings. The van der Waals surface area contributed by atoms with E-state index in [2.05, 4.69) is 29.5 Å². The standard InChI is InChI=1S/C22H22N4O2/c1-15(16-8-4-3-5-9-16)12-23-20(27)14-26-19-11-7-6-10-17(19)18-13-24-25(2)22(28)21(18)26/h3-11,13,15H,12,14H2,1-2H3,(H,23,27)/t15-/m0/s1. The van der Waals surface area contributed by atoms with Gasteiger partial charge in [0, 0.05) is 29.9 Å². The van der Waals surface area contributed by atoms with Gasteiger partial charge < -0.3 is 9.88 Å². The van der Waals surface area contributed by atoms with Gasteiger partial charge in [-0.1, -0.05) is 55.5 Å². The molecule has 0 spiro atoms. The number of amides is 1. The summed E-state index contributed by atoms with van der Waals surface area (Å²) in [5.41, 5.74) is 2.33. The first kappa shape index (κ1) is 18.0. The first-order valence-corrected chi connectivity index (χ1v) is 9.31. The predicted molar refractivity (Wildman–Crippen MR) is 110 cm³/mol. The normalized spacial score (nSPS) is 12.4. The minimum atomic E-state index is -0.209. The van der Waals surface area contributed by atoms with Crippen LogP contribution in [0.5, 0.6) is 0 Å². The van der Waals surface area contributed by atoms with Gasteiger partial charge in [0.1, 0.15) is 12.1 Å². The van der Waals surface area contributed by atoms with Crippen LogP contribution in [0.4, 0.5) is 0 Å². The second-order valence-corrected chi connectivity index (χ2v) is 7.05. The average molecular weight is 374 g/mol. The number of aryl methyl sites for hydroxylation is 1. The molecule has 1 amide bonds. The Bertz CT molecular complexity index is 1210. The summed E-state index contributed by atoms with van der Waals surface area (Å²) in [4.78, 5) is 25.4. The third-order valence-corrected chi connectivity index (χ3v) is 5.14. The van der Waals surface area contributed by atoms with Crippen LogP contribution < -0.4 is 10.9 Å². The molecule has 1 atom stereocenters. The Morgan fingerprint density at radius 2 is 1.79 bits per heavy atom. The number of benzene rings is 2. The molecule has 0 aliphatic carbocycles. The Balaban J connectivity index is 1.63. The number of hydrogen-bond donors (Lipinski definition) is 1. The zero-order chi connectivity index (χ0) is 19.7. The second-order valence-electron chi connectivity index (χ2n) is 7.05. The summed E-state index contributed by atoms with van der Waals surface area (Å²) < 4.78 is 3.09. The molecule has 2 aromatic heterocycles. The summed E-state index contributed by atoms with van der Waals surface area (Å²) in [6.45, 7) is 2.71. The van der Waals surface area contributed by atoms with Crippen LogP contribution in [-0.2, 0) is 18.4 Å². The highest BCUT2D eigenvalue weighted by Gasteiger charge is 2.17. The number of rotatable bonds is 5. The molecule has 0 radical (unpaired) electrons. The van der Waals surface area contributed by atoms with Crippen molar-refractivity contribution in [1.82, 2.24) is 19.7 Å². The van der Waals surface area contributed by atoms with Crippen LogP contribution in [0, 0.1) is 0 Å². The van der Waals surface area contributed by atoms with Crippen molar-refractivity contribution in [2.24, 2.45) is 7.05 Å². The smallest absolute Gasteiger partial charge is 0.291 e. The summed E-state index contributed by atoms with van der Waals surface area (Å²) in [6, 6.07) is 17.8. The summed E-state index contributed by atoms with van der Waals surface area (Å²) in [6.07, 6.45) is 1.69. The predicted octanol–water partition coefficient (Wildman–Crippen LogP) is 2.81. The highest BCUT2D eigenvalue weighted by atomic mass is 16.2. The summed E-state index contributed by atoms with van der Waals surface area (Å²) in [5, 5.41) is 8.82. The molecular formula is C22H22N4O2. The average Bonchev–Trinajstić information content (AvgIpc) is 3.04. The SMILES string of the molecule is C[C@@H](CNC(=O)Cn1c2ccccc2c2cnn(C)c(=O)c21)c1ccccc1. The molecular weight excluding hydrogens is 352 g/mol. The molecule has 142 valence electrons. The van der Waals surface area contributed by atoms with Crippen molar-refractivity contribution in [3.63, 3.8) is 0 Å². The zero-order valence-corrected chi connectivity index (χ0v) is 15.9. The number of carbonyl (C=O) groups is 1. The molecule has 0 aliphatic heterocycles. The fourth-order valence-electron chi connectivity index (χ4n) is 3.57. The van der Waals surface area contributed by atoms with Crippen LogP contribution in [0.1, 0.15) is 18.4 Å². The van der Waals surface area contributed by atoms with Crippen LogP contribution in [0.2, 0.25) is 0 Å². The van der Waals surface area contributed by atoms with Crippen LogP contribution in [0.15, 0.2) is 65.6 Å². The fourth-order valence-corrected chi connectivity index (χ4v) is 3.57. The van der Waals surface area contributed by atoms with E-state index in [1.165, 1.54) is 10.2 Å². The van der Waals surface area contributed by atoms with Crippen LogP contribution in [0.3, 0.4) is 0 Å². The van der Waals surface area contributed by atoms with Crippen molar-refractivity contribution in [3.05, 3.63) is 76.7 Å². The Hall–Kier alpha value is -3.41. The van der Waals surface area contributed by atoms with Crippen molar-refractivity contribution in [2.45, 2.75) is 19.4 Å². The maximum Gasteiger partial charge on any atom is 0.291 e. The molecule has 2 heterocycles. The topological polar surface area (TPSA) is 68.9 Å². The molecule has 0 saturated carbocycles. The Kier molecular flexibility index (Phi) is 4.69. The van der Waals surface area contributed by atoms with E-state index < -0.39 is 0 Å². The number of nitrogens with one attached hydrogen (secondary N) is 1. The van der Waals surface area contributed by atoms with Gasteiger partial charge in [-0.15, -0.1) is 0 Å². The molecule has 0 bridgehead atoms. The van der Waals surface area contributed by atoms with Gasteiger partial charge in [-0.05, 0) is 17.5 Å². The number of carbonyl (C=O) groups excluding carboxylic acids is 1. The van der Waals surface area contributed by atoms with Gasteiger partial charge in [-0.25, -0.2) is 4.68 Å². The molecule has 6 heteroatoms. The van der Waals surface area contributed by atoms with Crippen molar-refractivity contribution in [2.75, 3.05) is 6.54 Å². The number of hydrogen-bond acceptors (Lipinski definition) is 3. The van der Waals surface area contributed by atoms with E-state index in [4.69, 9.17) is 0 Å². The lowest BCUT2D eigenvalue weighted by atomic mass is 10.0. The molecule has 0 unspecified atom stereocenters. The Morgan fingerprint density at radius 1 is 1.07 bits per heavy atom. The summed E-state index contributed by atoms with van der Waals surface area (Å²) >= 11 is 0. The molecule has 6 nitrogen and oxygen atoms in total. The fraction of sp³-hybridized carbons (Fsp3) is 0.227. The number of fused-ring (bicyclic) bond motifs is 3. The monoisotopic (exact) mass is 374 g/mol. The van der Waals surface area contributed by atoms with Gasteiger partial charge in [0.25, 0.3) is 5.56 Å². The Labute approximate surface area is 162 Å². The summed E-state index contributed by atoms with van der Waals surface area (Å²) in [7, 11) is 1.62. The van der Waals surface area contributed by atoms with Gasteiger partial charge in [0.05, 0.1) is 6.20 Å².